The molecule has 1 aromatic rings. The molecule has 0 aliphatic carbocycles. The number of amides is 8. The average molecular weight is 699 g/mol. The highest BCUT2D eigenvalue weighted by Gasteiger charge is 2.31. The SMILES string of the molecule is C=C1C=CC(=O)N1CCCCCC(=O)NCC(=O)NC(CCCNC(N)=O)C(=O)Nc1ccc(COC(=O)N(C)C2CCN(C(=O)O)C2)cc1. The van der Waals surface area contributed by atoms with Gasteiger partial charge in [-0.2, -0.15) is 0 Å². The number of likely N-dealkylation sites (N-methyl/N-ethyl adjacent to an activating group) is 1. The quantitative estimate of drug-likeness (QED) is 0.122. The highest BCUT2D eigenvalue weighted by Crippen LogP contribution is 2.17. The Morgan fingerprint density at radius 3 is 2.42 bits per heavy atom. The molecule has 0 aromatic heterocycles. The Kier molecular flexibility index (Phi) is 15.1. The number of carbonyl (C=O) groups is 7. The number of hydrogen-bond donors (Lipinski definition) is 6. The zero-order chi connectivity index (χ0) is 36.6. The van der Waals surface area contributed by atoms with E-state index in [1.807, 2.05) is 0 Å². The molecule has 3 rings (SSSR count). The van der Waals surface area contributed by atoms with Crippen molar-refractivity contribution >= 4 is 47.5 Å². The van der Waals surface area contributed by atoms with Crippen LogP contribution in [0.15, 0.2) is 48.7 Å². The Morgan fingerprint density at radius 2 is 1.78 bits per heavy atom. The van der Waals surface area contributed by atoms with Gasteiger partial charge in [-0.15, -0.1) is 0 Å². The van der Waals surface area contributed by atoms with Gasteiger partial charge in [-0.3, -0.25) is 19.2 Å². The van der Waals surface area contributed by atoms with Crippen LogP contribution in [-0.2, 0) is 30.5 Å². The normalized spacial score (nSPS) is 15.7. The van der Waals surface area contributed by atoms with E-state index in [2.05, 4.69) is 27.8 Å². The van der Waals surface area contributed by atoms with Gasteiger partial charge in [0.25, 0.3) is 5.91 Å². The largest absolute Gasteiger partial charge is 0.465 e. The number of carbonyl (C=O) groups excluding carboxylic acids is 6. The number of nitrogens with one attached hydrogen (secondary N) is 4. The molecule has 0 bridgehead atoms. The van der Waals surface area contributed by atoms with Crippen LogP contribution in [-0.4, -0.2) is 114 Å². The highest BCUT2D eigenvalue weighted by molar-refractivity contribution is 5.97. The molecule has 2 unspecified atom stereocenters. The minimum Gasteiger partial charge on any atom is -0.465 e. The standard InChI is InChI=1S/C33H46N8O9/c1-22-9-14-29(44)41(22)17-5-3-4-8-27(42)36-19-28(43)38-26(7-6-16-35-31(34)46)30(45)37-24-12-10-23(11-13-24)21-50-33(49)39(2)25-15-18-40(20-25)32(47)48/h9-14,25-26H,1,3-8,15-21H2,2H3,(H,36,42)(H,37,45)(H,38,43)(H,47,48)(H3,34,35,46). The number of nitrogens with zero attached hydrogens (tertiary/aromatic N) is 3. The third-order valence-electron chi connectivity index (χ3n) is 8.24. The minimum absolute atomic E-state index is 0.0441. The Balaban J connectivity index is 1.42. The lowest BCUT2D eigenvalue weighted by Gasteiger charge is -2.23. The lowest BCUT2D eigenvalue weighted by atomic mass is 10.1. The fraction of sp³-hybridized carbons (Fsp3) is 0.485. The summed E-state index contributed by atoms with van der Waals surface area (Å²) < 4.78 is 5.37. The third-order valence-corrected chi connectivity index (χ3v) is 8.24. The topological polar surface area (TPSA) is 233 Å². The highest BCUT2D eigenvalue weighted by atomic mass is 16.6. The second kappa shape index (κ2) is 19.4. The molecule has 50 heavy (non-hydrogen) atoms. The van der Waals surface area contributed by atoms with E-state index >= 15 is 0 Å². The number of nitrogens with two attached hydrogens (primary N) is 1. The molecule has 1 aromatic carbocycles. The molecule has 8 amide bonds. The molecule has 2 aliphatic rings. The van der Waals surface area contributed by atoms with E-state index < -0.39 is 36.1 Å². The summed E-state index contributed by atoms with van der Waals surface area (Å²) >= 11 is 0. The number of unbranched alkanes of at least 4 members (excludes halogenated alkanes) is 2. The van der Waals surface area contributed by atoms with Crippen molar-refractivity contribution in [3.8, 4) is 0 Å². The van der Waals surface area contributed by atoms with Gasteiger partial charge in [0.1, 0.15) is 12.6 Å². The van der Waals surface area contributed by atoms with E-state index in [1.54, 1.807) is 42.3 Å². The summed E-state index contributed by atoms with van der Waals surface area (Å²) in [5, 5.41) is 19.5. The summed E-state index contributed by atoms with van der Waals surface area (Å²) in [6.07, 6.45) is 4.69. The first-order valence-corrected chi connectivity index (χ1v) is 16.4. The fourth-order valence-electron chi connectivity index (χ4n) is 5.32. The van der Waals surface area contributed by atoms with Crippen LogP contribution in [0.3, 0.4) is 0 Å². The molecule has 0 spiro atoms. The van der Waals surface area contributed by atoms with Crippen LogP contribution in [0.2, 0.25) is 0 Å². The summed E-state index contributed by atoms with van der Waals surface area (Å²) in [7, 11) is 1.56. The van der Waals surface area contributed by atoms with Crippen LogP contribution in [0.4, 0.5) is 20.1 Å². The number of allylic oxidation sites excluding steroid dienone is 1. The van der Waals surface area contributed by atoms with Crippen LogP contribution in [0.25, 0.3) is 0 Å². The average Bonchev–Trinajstić information content (AvgIpc) is 3.71. The van der Waals surface area contributed by atoms with Crippen LogP contribution in [0, 0.1) is 0 Å². The van der Waals surface area contributed by atoms with Gasteiger partial charge in [-0.05, 0) is 55.9 Å². The molecule has 17 nitrogen and oxygen atoms in total. The van der Waals surface area contributed by atoms with Gasteiger partial charge in [0.15, 0.2) is 0 Å². The van der Waals surface area contributed by atoms with E-state index in [0.717, 1.165) is 0 Å². The molecule has 2 atom stereocenters. The molecule has 2 heterocycles. The van der Waals surface area contributed by atoms with Crippen molar-refractivity contribution in [2.24, 2.45) is 5.73 Å². The van der Waals surface area contributed by atoms with Crippen molar-refractivity contribution in [3.05, 3.63) is 54.3 Å². The Hall–Kier alpha value is -5.61. The lowest BCUT2D eigenvalue weighted by molar-refractivity contribution is -0.128. The molecule has 0 saturated carbocycles. The number of urea groups is 1. The number of likely N-dealkylation sites (tertiary alicyclic amines) is 1. The van der Waals surface area contributed by atoms with Crippen LogP contribution in [0.5, 0.6) is 0 Å². The van der Waals surface area contributed by atoms with E-state index in [4.69, 9.17) is 15.6 Å². The summed E-state index contributed by atoms with van der Waals surface area (Å²) in [5.41, 5.74) is 6.81. The molecular weight excluding hydrogens is 652 g/mol. The minimum atomic E-state index is -1.03. The van der Waals surface area contributed by atoms with Gasteiger partial charge < -0.3 is 51.5 Å². The van der Waals surface area contributed by atoms with Gasteiger partial charge >= 0.3 is 18.2 Å². The molecule has 2 aliphatic heterocycles. The number of rotatable bonds is 18. The molecule has 17 heteroatoms. The van der Waals surface area contributed by atoms with E-state index in [-0.39, 0.29) is 56.9 Å². The molecule has 1 saturated heterocycles. The molecule has 7 N–H and O–H groups in total. The maximum Gasteiger partial charge on any atom is 0.410 e. The lowest BCUT2D eigenvalue weighted by Crippen LogP contribution is -2.47. The summed E-state index contributed by atoms with van der Waals surface area (Å²) in [4.78, 5) is 88.7. The van der Waals surface area contributed by atoms with Crippen molar-refractivity contribution in [2.75, 3.05) is 45.1 Å². The molecule has 1 fully saturated rings. The maximum atomic E-state index is 13.1. The Morgan fingerprint density at radius 1 is 1.04 bits per heavy atom. The van der Waals surface area contributed by atoms with E-state index in [1.165, 1.54) is 15.9 Å². The van der Waals surface area contributed by atoms with Gasteiger partial charge in [0.2, 0.25) is 17.7 Å². The number of benzene rings is 1. The van der Waals surface area contributed by atoms with Gasteiger partial charge in [-0.1, -0.05) is 25.1 Å². The smallest absolute Gasteiger partial charge is 0.410 e. The second-order valence-electron chi connectivity index (χ2n) is 12.0. The first-order chi connectivity index (χ1) is 23.8. The van der Waals surface area contributed by atoms with Gasteiger partial charge in [0, 0.05) is 57.1 Å². The summed E-state index contributed by atoms with van der Waals surface area (Å²) in [5.74, 6) is -1.52. The van der Waals surface area contributed by atoms with Crippen molar-refractivity contribution in [1.82, 2.24) is 30.7 Å². The second-order valence-corrected chi connectivity index (χ2v) is 12.0. The van der Waals surface area contributed by atoms with Crippen molar-refractivity contribution < 1.29 is 43.4 Å². The molecule has 0 radical (unpaired) electrons. The first kappa shape index (κ1) is 38.8. The monoisotopic (exact) mass is 698 g/mol. The van der Waals surface area contributed by atoms with Crippen molar-refractivity contribution in [1.29, 1.82) is 0 Å². The van der Waals surface area contributed by atoms with Crippen LogP contribution in [0.1, 0.15) is 50.5 Å². The number of hydrogen-bond acceptors (Lipinski definition) is 8. The summed E-state index contributed by atoms with van der Waals surface area (Å²) in [6, 6.07) is 4.55. The Bertz CT molecular complexity index is 1430. The fourth-order valence-corrected chi connectivity index (χ4v) is 5.32. The third kappa shape index (κ3) is 12.8. The number of carboxylic acid groups (broad SMARTS) is 1. The van der Waals surface area contributed by atoms with Crippen molar-refractivity contribution in [3.63, 3.8) is 0 Å². The first-order valence-electron chi connectivity index (χ1n) is 16.4. The predicted octanol–water partition coefficient (Wildman–Crippen LogP) is 1.47. The predicted molar refractivity (Wildman–Crippen MR) is 181 cm³/mol. The molecular formula is C33H46N8O9. The van der Waals surface area contributed by atoms with E-state index in [9.17, 15) is 33.6 Å². The van der Waals surface area contributed by atoms with Gasteiger partial charge in [0.05, 0.1) is 12.6 Å². The maximum absolute atomic E-state index is 13.1. The van der Waals surface area contributed by atoms with Crippen LogP contribution < -0.4 is 27.0 Å². The van der Waals surface area contributed by atoms with Gasteiger partial charge in [-0.25, -0.2) is 14.4 Å². The van der Waals surface area contributed by atoms with Crippen molar-refractivity contribution in [2.45, 2.75) is 63.6 Å². The Labute approximate surface area is 290 Å². The summed E-state index contributed by atoms with van der Waals surface area (Å²) in [6.45, 7) is 4.69. The van der Waals surface area contributed by atoms with E-state index in [0.29, 0.717) is 62.1 Å². The number of primary amides is 1. The zero-order valence-corrected chi connectivity index (χ0v) is 28.2. The molecule has 272 valence electrons. The number of ether oxygens (including phenoxy) is 1. The van der Waals surface area contributed by atoms with Crippen LogP contribution >= 0.6 is 0 Å². The number of anilines is 1. The zero-order valence-electron chi connectivity index (χ0n) is 28.2.